The van der Waals surface area contributed by atoms with E-state index < -0.39 is 22.5 Å². The fourth-order valence-corrected chi connectivity index (χ4v) is 4.53. The number of hydrogen-bond donors (Lipinski definition) is 2. The fraction of sp³-hybridized carbons (Fsp3) is 0.154. The van der Waals surface area contributed by atoms with Gasteiger partial charge in [0.25, 0.3) is 10.0 Å². The minimum Gasteiger partial charge on any atom is -0.508 e. The second kappa shape index (κ2) is 5.74. The molecule has 1 aromatic heterocycles. The van der Waals surface area contributed by atoms with Gasteiger partial charge in [0.1, 0.15) is 16.5 Å². The minimum absolute atomic E-state index is 0.0293. The molecule has 2 aromatic rings. The molecule has 0 bridgehead atoms. The van der Waals surface area contributed by atoms with Gasteiger partial charge >= 0.3 is 5.97 Å². The molecule has 0 aliphatic rings. The Labute approximate surface area is 125 Å². The van der Waals surface area contributed by atoms with Crippen molar-refractivity contribution < 1.29 is 23.4 Å². The van der Waals surface area contributed by atoms with Gasteiger partial charge in [-0.15, -0.1) is 11.3 Å². The number of rotatable bonds is 5. The van der Waals surface area contributed by atoms with E-state index in [0.717, 1.165) is 20.5 Å². The van der Waals surface area contributed by atoms with Gasteiger partial charge in [-0.3, -0.25) is 9.10 Å². The second-order valence-corrected chi connectivity index (χ2v) is 7.66. The van der Waals surface area contributed by atoms with Crippen LogP contribution in [0.25, 0.3) is 0 Å². The Hall–Kier alpha value is -2.06. The van der Waals surface area contributed by atoms with E-state index in [1.54, 1.807) is 13.0 Å². The quantitative estimate of drug-likeness (QED) is 0.876. The molecule has 1 aromatic carbocycles. The fourth-order valence-electron chi connectivity index (χ4n) is 1.72. The molecule has 0 aliphatic heterocycles. The monoisotopic (exact) mass is 327 g/mol. The summed E-state index contributed by atoms with van der Waals surface area (Å²) in [7, 11) is -3.95. The molecule has 6 nitrogen and oxygen atoms in total. The maximum Gasteiger partial charge on any atom is 0.324 e. The van der Waals surface area contributed by atoms with Crippen LogP contribution in [0.3, 0.4) is 0 Å². The summed E-state index contributed by atoms with van der Waals surface area (Å²) in [5, 5.41) is 18.2. The Balaban J connectivity index is 2.49. The van der Waals surface area contributed by atoms with Crippen molar-refractivity contribution in [2.45, 2.75) is 11.1 Å². The number of hydrogen-bond acceptors (Lipinski definition) is 5. The zero-order valence-electron chi connectivity index (χ0n) is 11.1. The molecule has 2 N–H and O–H groups in total. The number of carboxylic acid groups (broad SMARTS) is 1. The number of carboxylic acids is 1. The average molecular weight is 327 g/mol. The van der Waals surface area contributed by atoms with Crippen LogP contribution >= 0.6 is 11.3 Å². The number of benzene rings is 1. The summed E-state index contributed by atoms with van der Waals surface area (Å²) in [4.78, 5) is 11.8. The summed E-state index contributed by atoms with van der Waals surface area (Å²) in [6.07, 6.45) is 0. The minimum atomic E-state index is -3.95. The summed E-state index contributed by atoms with van der Waals surface area (Å²) < 4.78 is 26.0. The van der Waals surface area contributed by atoms with Gasteiger partial charge in [0.2, 0.25) is 0 Å². The van der Waals surface area contributed by atoms with E-state index in [-0.39, 0.29) is 15.6 Å². The van der Waals surface area contributed by atoms with Crippen molar-refractivity contribution in [3.05, 3.63) is 41.3 Å². The van der Waals surface area contributed by atoms with E-state index in [1.165, 1.54) is 30.3 Å². The molecule has 0 atom stereocenters. The molecule has 0 spiro atoms. The molecular weight excluding hydrogens is 314 g/mol. The Morgan fingerprint density at radius 2 is 1.81 bits per heavy atom. The van der Waals surface area contributed by atoms with E-state index in [9.17, 15) is 18.3 Å². The molecule has 2 rings (SSSR count). The van der Waals surface area contributed by atoms with Crippen molar-refractivity contribution in [1.29, 1.82) is 0 Å². The van der Waals surface area contributed by atoms with Crippen molar-refractivity contribution in [3.63, 3.8) is 0 Å². The highest BCUT2D eigenvalue weighted by atomic mass is 32.2. The molecule has 0 saturated heterocycles. The molecule has 1 heterocycles. The van der Waals surface area contributed by atoms with Crippen LogP contribution in [0.4, 0.5) is 5.69 Å². The van der Waals surface area contributed by atoms with Gasteiger partial charge in [-0.05, 0) is 43.3 Å². The smallest absolute Gasteiger partial charge is 0.324 e. The molecule has 0 fully saturated rings. The lowest BCUT2D eigenvalue weighted by Gasteiger charge is -2.21. The molecule has 0 unspecified atom stereocenters. The molecule has 0 radical (unpaired) electrons. The summed E-state index contributed by atoms with van der Waals surface area (Å²) in [6, 6.07) is 8.43. The van der Waals surface area contributed by atoms with Crippen LogP contribution in [-0.4, -0.2) is 31.1 Å². The number of aryl methyl sites for hydroxylation is 1. The number of aromatic hydroxyl groups is 1. The summed E-state index contributed by atoms with van der Waals surface area (Å²) in [5.41, 5.74) is 0.182. The highest BCUT2D eigenvalue weighted by Crippen LogP contribution is 2.29. The lowest BCUT2D eigenvalue weighted by Crippen LogP contribution is -2.35. The molecule has 8 heteroatoms. The third kappa shape index (κ3) is 3.34. The number of anilines is 1. The van der Waals surface area contributed by atoms with Crippen LogP contribution in [0.2, 0.25) is 0 Å². The number of thiophene rings is 1. The zero-order chi connectivity index (χ0) is 15.6. The Bertz CT molecular complexity index is 749. The number of nitrogens with zero attached hydrogens (tertiary/aromatic N) is 1. The topological polar surface area (TPSA) is 94.9 Å². The van der Waals surface area contributed by atoms with Gasteiger partial charge in [-0.1, -0.05) is 0 Å². The highest BCUT2D eigenvalue weighted by molar-refractivity contribution is 7.94. The van der Waals surface area contributed by atoms with Gasteiger partial charge in [-0.2, -0.15) is 0 Å². The van der Waals surface area contributed by atoms with Gasteiger partial charge in [0.05, 0.1) is 5.69 Å². The van der Waals surface area contributed by atoms with E-state index in [4.69, 9.17) is 5.11 Å². The molecule has 112 valence electrons. The first kappa shape index (κ1) is 15.3. The van der Waals surface area contributed by atoms with Crippen LogP contribution in [0, 0.1) is 6.92 Å². The lowest BCUT2D eigenvalue weighted by atomic mass is 10.3. The third-order valence-electron chi connectivity index (χ3n) is 2.68. The van der Waals surface area contributed by atoms with Gasteiger partial charge in [0, 0.05) is 4.88 Å². The predicted molar refractivity (Wildman–Crippen MR) is 79.3 cm³/mol. The second-order valence-electron chi connectivity index (χ2n) is 4.29. The normalized spacial score (nSPS) is 11.3. The largest absolute Gasteiger partial charge is 0.508 e. The van der Waals surface area contributed by atoms with Gasteiger partial charge in [-0.25, -0.2) is 8.42 Å². The number of phenols is 1. The molecule has 0 aliphatic carbocycles. The van der Waals surface area contributed by atoms with Crippen molar-refractivity contribution in [1.82, 2.24) is 0 Å². The van der Waals surface area contributed by atoms with Gasteiger partial charge in [0.15, 0.2) is 0 Å². The van der Waals surface area contributed by atoms with E-state index in [0.29, 0.717) is 0 Å². The average Bonchev–Trinajstić information content (AvgIpc) is 2.84. The van der Waals surface area contributed by atoms with E-state index >= 15 is 0 Å². The van der Waals surface area contributed by atoms with Crippen LogP contribution in [0.15, 0.2) is 40.6 Å². The maximum absolute atomic E-state index is 12.6. The Morgan fingerprint density at radius 3 is 2.29 bits per heavy atom. The van der Waals surface area contributed by atoms with Crippen LogP contribution in [-0.2, 0) is 14.8 Å². The first-order valence-electron chi connectivity index (χ1n) is 5.91. The number of sulfonamides is 1. The molecule has 0 amide bonds. The third-order valence-corrected chi connectivity index (χ3v) is 5.92. The SMILES string of the molecule is Cc1ccc(S(=O)(=O)N(CC(=O)O)c2ccc(O)cc2)s1. The van der Waals surface area contributed by atoms with E-state index in [2.05, 4.69) is 0 Å². The van der Waals surface area contributed by atoms with Crippen molar-refractivity contribution in [3.8, 4) is 5.75 Å². The lowest BCUT2D eigenvalue weighted by molar-refractivity contribution is -0.135. The predicted octanol–water partition coefficient (Wildman–Crippen LogP) is 2.04. The molecular formula is C13H13NO5S2. The standard InChI is InChI=1S/C13H13NO5S2/c1-9-2-7-13(20-9)21(18,19)14(8-12(16)17)10-3-5-11(15)6-4-10/h2-7,15H,8H2,1H3,(H,16,17). The first-order valence-corrected chi connectivity index (χ1v) is 8.16. The zero-order valence-corrected chi connectivity index (χ0v) is 12.7. The summed E-state index contributed by atoms with van der Waals surface area (Å²) in [5.74, 6) is -1.29. The van der Waals surface area contributed by atoms with Crippen molar-refractivity contribution in [2.75, 3.05) is 10.8 Å². The Kier molecular flexibility index (Phi) is 4.19. The summed E-state index contributed by atoms with van der Waals surface area (Å²) in [6.45, 7) is 1.08. The van der Waals surface area contributed by atoms with Crippen LogP contribution in [0.1, 0.15) is 4.88 Å². The van der Waals surface area contributed by atoms with Crippen LogP contribution in [0.5, 0.6) is 5.75 Å². The van der Waals surface area contributed by atoms with Gasteiger partial charge < -0.3 is 10.2 Å². The molecule has 0 saturated carbocycles. The van der Waals surface area contributed by atoms with Crippen LogP contribution < -0.4 is 4.31 Å². The van der Waals surface area contributed by atoms with Crippen molar-refractivity contribution >= 4 is 33.0 Å². The number of phenolic OH excluding ortho intramolecular Hbond substituents is 1. The van der Waals surface area contributed by atoms with E-state index in [1.807, 2.05) is 0 Å². The first-order chi connectivity index (χ1) is 9.80. The van der Waals surface area contributed by atoms with Crippen molar-refractivity contribution in [2.24, 2.45) is 0 Å². The number of carbonyl (C=O) groups is 1. The maximum atomic E-state index is 12.6. The Morgan fingerprint density at radius 1 is 1.19 bits per heavy atom. The number of aliphatic carboxylic acids is 1. The molecule has 21 heavy (non-hydrogen) atoms. The highest BCUT2D eigenvalue weighted by Gasteiger charge is 2.28. The summed E-state index contributed by atoms with van der Waals surface area (Å²) >= 11 is 1.08.